The first-order valence-corrected chi connectivity index (χ1v) is 8.66. The van der Waals surface area contributed by atoms with Gasteiger partial charge in [-0.3, -0.25) is 4.79 Å². The van der Waals surface area contributed by atoms with Crippen molar-refractivity contribution in [1.29, 1.82) is 0 Å². The Kier molecular flexibility index (Phi) is 6.97. The molecule has 0 heterocycles. The molecule has 0 aliphatic rings. The highest BCUT2D eigenvalue weighted by atomic mass is 35.5. The molecule has 0 bridgehead atoms. The highest BCUT2D eigenvalue weighted by Crippen LogP contribution is 2.23. The Balaban J connectivity index is 2.27. The van der Waals surface area contributed by atoms with E-state index in [1.54, 1.807) is 12.1 Å². The molecule has 1 N–H and O–H groups in total. The Hall–Kier alpha value is -1.91. The number of hydrogen-bond donors (Lipinski definition) is 1. The minimum absolute atomic E-state index is 0.0810. The van der Waals surface area contributed by atoms with E-state index < -0.39 is 5.82 Å². The average Bonchev–Trinajstić information content (AvgIpc) is 2.54. The second kappa shape index (κ2) is 8.97. The molecule has 2 aromatic rings. The van der Waals surface area contributed by atoms with Crippen LogP contribution in [0.4, 0.5) is 15.8 Å². The quantitative estimate of drug-likeness (QED) is 0.604. The number of carbonyl (C=O) groups excluding carboxylic acids is 1. The normalized spacial score (nSPS) is 11.7. The molecule has 0 unspecified atom stereocenters. The van der Waals surface area contributed by atoms with Gasteiger partial charge in [0.15, 0.2) is 5.78 Å². The minimum atomic E-state index is -0.569. The first-order valence-electron chi connectivity index (χ1n) is 7.91. The molecular formula is C19H19Cl2FN2O. The third-order valence-electron chi connectivity index (χ3n) is 3.40. The van der Waals surface area contributed by atoms with E-state index in [-0.39, 0.29) is 34.7 Å². The maximum Gasteiger partial charge on any atom is 0.179 e. The number of anilines is 1. The molecule has 0 aliphatic heterocycles. The zero-order chi connectivity index (χ0) is 18.4. The number of ketones is 1. The average molecular weight is 381 g/mol. The highest BCUT2D eigenvalue weighted by molar-refractivity contribution is 6.41. The fourth-order valence-electron chi connectivity index (χ4n) is 2.19. The lowest BCUT2D eigenvalue weighted by atomic mass is 10.0. The lowest BCUT2D eigenvalue weighted by molar-refractivity contribution is -0.113. The molecule has 0 aliphatic carbocycles. The van der Waals surface area contributed by atoms with Gasteiger partial charge in [0.2, 0.25) is 0 Å². The molecule has 2 aromatic carbocycles. The summed E-state index contributed by atoms with van der Waals surface area (Å²) in [6.07, 6.45) is 0.332. The summed E-state index contributed by atoms with van der Waals surface area (Å²) < 4.78 is 14.0. The van der Waals surface area contributed by atoms with E-state index in [4.69, 9.17) is 23.2 Å². The number of carbonyl (C=O) groups is 1. The van der Waals surface area contributed by atoms with Crippen molar-refractivity contribution >= 4 is 46.1 Å². The smallest absolute Gasteiger partial charge is 0.179 e. The molecule has 132 valence electrons. The predicted octanol–water partition coefficient (Wildman–Crippen LogP) is 5.93. The molecule has 0 saturated carbocycles. The summed E-state index contributed by atoms with van der Waals surface area (Å²) in [7, 11) is 0. The molecule has 0 spiro atoms. The number of nitrogens with zero attached hydrogens (tertiary/aromatic N) is 1. The van der Waals surface area contributed by atoms with Crippen LogP contribution in [0.5, 0.6) is 0 Å². The molecule has 0 amide bonds. The zero-order valence-corrected chi connectivity index (χ0v) is 15.5. The van der Waals surface area contributed by atoms with Crippen molar-refractivity contribution in [2.45, 2.75) is 20.3 Å². The standard InChI is InChI=1S/C19H19Cl2FN2O/c1-12(2)9-19(25)18(11-23-16-6-4-3-5-14(16)21)24-17-8-7-13(20)10-15(17)22/h3-8,10,12,23H,9,11H2,1-2H3. The van der Waals surface area contributed by atoms with Gasteiger partial charge in [-0.2, -0.15) is 0 Å². The maximum atomic E-state index is 14.0. The number of aliphatic imine (C=N–C) groups is 1. The van der Waals surface area contributed by atoms with Gasteiger partial charge in [-0.25, -0.2) is 9.38 Å². The first kappa shape index (κ1) is 19.4. The third kappa shape index (κ3) is 5.83. The SMILES string of the molecule is CC(C)CC(=O)C(CNc1ccccc1Cl)=Nc1ccc(Cl)cc1F. The largest absolute Gasteiger partial charge is 0.378 e. The van der Waals surface area contributed by atoms with Crippen LogP contribution in [0.2, 0.25) is 10.0 Å². The van der Waals surface area contributed by atoms with Gasteiger partial charge in [-0.15, -0.1) is 0 Å². The van der Waals surface area contributed by atoms with Crippen molar-refractivity contribution in [3.8, 4) is 0 Å². The molecular weight excluding hydrogens is 362 g/mol. The number of Topliss-reactive ketones (excluding diaryl/α,β-unsaturated/α-hetero) is 1. The number of hydrogen-bond acceptors (Lipinski definition) is 3. The Bertz CT molecular complexity index is 791. The van der Waals surface area contributed by atoms with E-state index in [9.17, 15) is 9.18 Å². The summed E-state index contributed by atoms with van der Waals surface area (Å²) in [6, 6.07) is 11.4. The number of benzene rings is 2. The van der Waals surface area contributed by atoms with Crippen molar-refractivity contribution in [2.75, 3.05) is 11.9 Å². The van der Waals surface area contributed by atoms with Gasteiger partial charge in [0, 0.05) is 11.4 Å². The number of para-hydroxylation sites is 1. The van der Waals surface area contributed by atoms with Crippen LogP contribution in [-0.2, 0) is 4.79 Å². The fourth-order valence-corrected chi connectivity index (χ4v) is 2.55. The number of halogens is 3. The van der Waals surface area contributed by atoms with E-state index >= 15 is 0 Å². The molecule has 0 fully saturated rings. The van der Waals surface area contributed by atoms with Crippen LogP contribution in [0.25, 0.3) is 0 Å². The lowest BCUT2D eigenvalue weighted by Gasteiger charge is -2.12. The van der Waals surface area contributed by atoms with Crippen LogP contribution in [0.3, 0.4) is 0 Å². The van der Waals surface area contributed by atoms with E-state index in [2.05, 4.69) is 10.3 Å². The zero-order valence-electron chi connectivity index (χ0n) is 14.0. The van der Waals surface area contributed by atoms with E-state index in [1.165, 1.54) is 18.2 Å². The number of nitrogens with one attached hydrogen (secondary N) is 1. The number of rotatable bonds is 7. The van der Waals surface area contributed by atoms with Gasteiger partial charge in [-0.05, 0) is 36.2 Å². The molecule has 0 radical (unpaired) electrons. The van der Waals surface area contributed by atoms with Crippen LogP contribution in [0, 0.1) is 11.7 Å². The van der Waals surface area contributed by atoms with E-state index in [0.29, 0.717) is 17.1 Å². The van der Waals surface area contributed by atoms with Crippen LogP contribution in [0.1, 0.15) is 20.3 Å². The highest BCUT2D eigenvalue weighted by Gasteiger charge is 2.15. The first-order chi connectivity index (χ1) is 11.9. The lowest BCUT2D eigenvalue weighted by Crippen LogP contribution is -2.24. The van der Waals surface area contributed by atoms with Gasteiger partial charge in [0.1, 0.15) is 11.5 Å². The summed E-state index contributed by atoms with van der Waals surface area (Å²) in [6.45, 7) is 4.04. The Morgan fingerprint density at radius 3 is 2.56 bits per heavy atom. The molecule has 6 heteroatoms. The third-order valence-corrected chi connectivity index (χ3v) is 3.97. The summed E-state index contributed by atoms with van der Waals surface area (Å²) >= 11 is 11.9. The molecule has 25 heavy (non-hydrogen) atoms. The molecule has 0 aromatic heterocycles. The summed E-state index contributed by atoms with van der Waals surface area (Å²) in [5, 5.41) is 3.90. The second-order valence-electron chi connectivity index (χ2n) is 6.01. The van der Waals surface area contributed by atoms with Crippen LogP contribution >= 0.6 is 23.2 Å². The summed E-state index contributed by atoms with van der Waals surface area (Å²) in [4.78, 5) is 16.7. The van der Waals surface area contributed by atoms with Crippen LogP contribution < -0.4 is 5.32 Å². The van der Waals surface area contributed by atoms with Gasteiger partial charge >= 0.3 is 0 Å². The van der Waals surface area contributed by atoms with Gasteiger partial charge in [-0.1, -0.05) is 49.2 Å². The van der Waals surface area contributed by atoms with E-state index in [0.717, 1.165) is 0 Å². The summed E-state index contributed by atoms with van der Waals surface area (Å²) in [5.74, 6) is -0.530. The predicted molar refractivity (Wildman–Crippen MR) is 103 cm³/mol. The molecule has 0 atom stereocenters. The maximum absolute atomic E-state index is 14.0. The van der Waals surface area contributed by atoms with Crippen LogP contribution in [-0.4, -0.2) is 18.0 Å². The monoisotopic (exact) mass is 380 g/mol. The second-order valence-corrected chi connectivity index (χ2v) is 6.85. The van der Waals surface area contributed by atoms with Crippen LogP contribution in [0.15, 0.2) is 47.5 Å². The Morgan fingerprint density at radius 1 is 1.20 bits per heavy atom. The Morgan fingerprint density at radius 2 is 1.92 bits per heavy atom. The van der Waals surface area contributed by atoms with Crippen molar-refractivity contribution in [3.05, 3.63) is 58.3 Å². The molecule has 3 nitrogen and oxygen atoms in total. The van der Waals surface area contributed by atoms with Crippen molar-refractivity contribution in [2.24, 2.45) is 10.9 Å². The minimum Gasteiger partial charge on any atom is -0.378 e. The van der Waals surface area contributed by atoms with Crippen molar-refractivity contribution in [1.82, 2.24) is 0 Å². The summed E-state index contributed by atoms with van der Waals surface area (Å²) in [5.41, 5.74) is 1.01. The van der Waals surface area contributed by atoms with Crippen molar-refractivity contribution < 1.29 is 9.18 Å². The van der Waals surface area contributed by atoms with Gasteiger partial charge in [0.05, 0.1) is 22.9 Å². The van der Waals surface area contributed by atoms with Crippen molar-refractivity contribution in [3.63, 3.8) is 0 Å². The molecule has 2 rings (SSSR count). The fraction of sp³-hybridized carbons (Fsp3) is 0.263. The molecule has 0 saturated heterocycles. The Labute approximate surface area is 156 Å². The van der Waals surface area contributed by atoms with Gasteiger partial charge in [0.25, 0.3) is 0 Å². The van der Waals surface area contributed by atoms with E-state index in [1.807, 2.05) is 26.0 Å². The van der Waals surface area contributed by atoms with Gasteiger partial charge < -0.3 is 5.32 Å². The topological polar surface area (TPSA) is 41.5 Å².